The Labute approximate surface area is 105 Å². The van der Waals surface area contributed by atoms with E-state index in [-0.39, 0.29) is 11.7 Å². The van der Waals surface area contributed by atoms with Gasteiger partial charge >= 0.3 is 0 Å². The zero-order valence-corrected chi connectivity index (χ0v) is 10.9. The fourth-order valence-corrected chi connectivity index (χ4v) is 2.84. The number of rotatable bonds is 5. The molecule has 3 N–H and O–H groups in total. The second-order valence-electron chi connectivity index (χ2n) is 3.91. The van der Waals surface area contributed by atoms with Gasteiger partial charge in [0.15, 0.2) is 4.90 Å². The van der Waals surface area contributed by atoms with Gasteiger partial charge in [0.1, 0.15) is 0 Å². The van der Waals surface area contributed by atoms with E-state index in [0.29, 0.717) is 6.42 Å². The molecule has 0 saturated heterocycles. The molecular formula is C10H15N3O4S. The zero-order chi connectivity index (χ0) is 13.9. The lowest BCUT2D eigenvalue weighted by Gasteiger charge is -2.12. The topological polar surface area (TPSA) is 115 Å². The number of nitro groups is 1. The lowest BCUT2D eigenvalue weighted by molar-refractivity contribution is -0.387. The van der Waals surface area contributed by atoms with Gasteiger partial charge in [0.2, 0.25) is 10.0 Å². The van der Waals surface area contributed by atoms with Gasteiger partial charge in [-0.1, -0.05) is 6.92 Å². The zero-order valence-electron chi connectivity index (χ0n) is 10.1. The standard InChI is InChI=1S/C10H15N3O4S/c1-3-7(2)12-18(16,17)10-6-8(11)4-5-9(10)13(14)15/h4-7,12H,3,11H2,1-2H3. The molecule has 0 bridgehead atoms. The van der Waals surface area contributed by atoms with Crippen LogP contribution in [0.3, 0.4) is 0 Å². The van der Waals surface area contributed by atoms with Crippen molar-refractivity contribution in [3.8, 4) is 0 Å². The third-order valence-electron chi connectivity index (χ3n) is 2.44. The number of hydrogen-bond donors (Lipinski definition) is 2. The van der Waals surface area contributed by atoms with E-state index in [1.807, 2.05) is 0 Å². The Morgan fingerprint density at radius 2 is 2.11 bits per heavy atom. The van der Waals surface area contributed by atoms with E-state index in [4.69, 9.17) is 5.73 Å². The highest BCUT2D eigenvalue weighted by Gasteiger charge is 2.26. The van der Waals surface area contributed by atoms with Crippen LogP contribution in [0.2, 0.25) is 0 Å². The Hall–Kier alpha value is -1.67. The molecule has 1 aromatic carbocycles. The van der Waals surface area contributed by atoms with Crippen LogP contribution in [0.25, 0.3) is 0 Å². The number of sulfonamides is 1. The number of anilines is 1. The molecule has 8 heteroatoms. The molecule has 1 atom stereocenters. The van der Waals surface area contributed by atoms with Gasteiger partial charge in [0.25, 0.3) is 5.69 Å². The second-order valence-corrected chi connectivity index (χ2v) is 5.60. The van der Waals surface area contributed by atoms with E-state index in [1.165, 1.54) is 6.07 Å². The van der Waals surface area contributed by atoms with Gasteiger partial charge in [0, 0.05) is 17.8 Å². The van der Waals surface area contributed by atoms with E-state index >= 15 is 0 Å². The summed E-state index contributed by atoms with van der Waals surface area (Å²) < 4.78 is 26.4. The van der Waals surface area contributed by atoms with Crippen LogP contribution < -0.4 is 10.5 Å². The molecule has 18 heavy (non-hydrogen) atoms. The number of nitrogens with one attached hydrogen (secondary N) is 1. The molecule has 0 amide bonds. The van der Waals surface area contributed by atoms with Gasteiger partial charge in [-0.2, -0.15) is 0 Å². The van der Waals surface area contributed by atoms with Gasteiger partial charge in [-0.05, 0) is 25.5 Å². The molecule has 0 aliphatic heterocycles. The average Bonchev–Trinajstić information content (AvgIpc) is 2.27. The van der Waals surface area contributed by atoms with Crippen molar-refractivity contribution in [3.63, 3.8) is 0 Å². The van der Waals surface area contributed by atoms with Crippen molar-refractivity contribution in [1.82, 2.24) is 4.72 Å². The van der Waals surface area contributed by atoms with Crippen LogP contribution >= 0.6 is 0 Å². The highest BCUT2D eigenvalue weighted by atomic mass is 32.2. The van der Waals surface area contributed by atoms with Gasteiger partial charge < -0.3 is 5.73 Å². The Kier molecular flexibility index (Phi) is 4.25. The van der Waals surface area contributed by atoms with Crippen molar-refractivity contribution in [3.05, 3.63) is 28.3 Å². The average molecular weight is 273 g/mol. The minimum atomic E-state index is -3.94. The van der Waals surface area contributed by atoms with Crippen molar-refractivity contribution in [2.45, 2.75) is 31.2 Å². The van der Waals surface area contributed by atoms with Gasteiger partial charge in [0.05, 0.1) is 4.92 Å². The summed E-state index contributed by atoms with van der Waals surface area (Å²) in [4.78, 5) is 9.65. The molecule has 1 unspecified atom stereocenters. The van der Waals surface area contributed by atoms with Crippen molar-refractivity contribution in [1.29, 1.82) is 0 Å². The highest BCUT2D eigenvalue weighted by molar-refractivity contribution is 7.89. The first-order valence-electron chi connectivity index (χ1n) is 5.34. The van der Waals surface area contributed by atoms with E-state index in [2.05, 4.69) is 4.72 Å². The monoisotopic (exact) mass is 273 g/mol. The largest absolute Gasteiger partial charge is 0.399 e. The van der Waals surface area contributed by atoms with Gasteiger partial charge in [-0.15, -0.1) is 0 Å². The molecule has 0 aromatic heterocycles. The molecule has 1 rings (SSSR count). The number of nitro benzene ring substituents is 1. The SMILES string of the molecule is CCC(C)NS(=O)(=O)c1cc(N)ccc1[N+](=O)[O-]. The predicted molar refractivity (Wildman–Crippen MR) is 67.6 cm³/mol. The maximum Gasteiger partial charge on any atom is 0.289 e. The molecule has 0 radical (unpaired) electrons. The number of nitrogens with two attached hydrogens (primary N) is 1. The molecule has 100 valence electrons. The second kappa shape index (κ2) is 5.32. The van der Waals surface area contributed by atoms with Crippen LogP contribution in [-0.2, 0) is 10.0 Å². The summed E-state index contributed by atoms with van der Waals surface area (Å²) in [5, 5.41) is 10.8. The maximum atomic E-state index is 12.0. The van der Waals surface area contributed by atoms with Crippen LogP contribution in [0.4, 0.5) is 11.4 Å². The summed E-state index contributed by atoms with van der Waals surface area (Å²) in [5.74, 6) is 0. The van der Waals surface area contributed by atoms with Crippen molar-refractivity contribution in [2.24, 2.45) is 0 Å². The molecule has 7 nitrogen and oxygen atoms in total. The first kappa shape index (κ1) is 14.4. The summed E-state index contributed by atoms with van der Waals surface area (Å²) in [7, 11) is -3.94. The number of nitrogen functional groups attached to an aromatic ring is 1. The predicted octanol–water partition coefficient (Wildman–Crippen LogP) is 1.25. The molecule has 0 saturated carbocycles. The molecular weight excluding hydrogens is 258 g/mol. The Bertz CT molecular complexity index is 556. The fraction of sp³-hybridized carbons (Fsp3) is 0.400. The number of nitrogens with zero attached hydrogens (tertiary/aromatic N) is 1. The first-order chi connectivity index (χ1) is 8.27. The molecule has 0 spiro atoms. The minimum absolute atomic E-state index is 0.158. The third-order valence-corrected chi connectivity index (χ3v) is 4.06. The summed E-state index contributed by atoms with van der Waals surface area (Å²) in [6, 6.07) is 3.15. The van der Waals surface area contributed by atoms with Gasteiger partial charge in [-0.25, -0.2) is 13.1 Å². The Morgan fingerprint density at radius 3 is 2.61 bits per heavy atom. The highest BCUT2D eigenvalue weighted by Crippen LogP contribution is 2.25. The Balaban J connectivity index is 3.30. The summed E-state index contributed by atoms with van der Waals surface area (Å²) in [6.07, 6.45) is 0.579. The van der Waals surface area contributed by atoms with E-state index in [9.17, 15) is 18.5 Å². The maximum absolute atomic E-state index is 12.0. The smallest absolute Gasteiger partial charge is 0.289 e. The molecule has 0 heterocycles. The van der Waals surface area contributed by atoms with Crippen molar-refractivity contribution >= 4 is 21.4 Å². The number of hydrogen-bond acceptors (Lipinski definition) is 5. The fourth-order valence-electron chi connectivity index (χ4n) is 1.31. The molecule has 0 aliphatic rings. The lowest BCUT2D eigenvalue weighted by atomic mass is 10.3. The molecule has 0 fully saturated rings. The third kappa shape index (κ3) is 3.17. The van der Waals surface area contributed by atoms with Crippen molar-refractivity contribution in [2.75, 3.05) is 5.73 Å². The lowest BCUT2D eigenvalue weighted by Crippen LogP contribution is -2.32. The Morgan fingerprint density at radius 1 is 1.50 bits per heavy atom. The van der Waals surface area contributed by atoms with E-state index in [1.54, 1.807) is 13.8 Å². The van der Waals surface area contributed by atoms with Gasteiger partial charge in [-0.3, -0.25) is 10.1 Å². The minimum Gasteiger partial charge on any atom is -0.399 e. The summed E-state index contributed by atoms with van der Waals surface area (Å²) >= 11 is 0. The first-order valence-corrected chi connectivity index (χ1v) is 6.82. The van der Waals surface area contributed by atoms with Crippen molar-refractivity contribution < 1.29 is 13.3 Å². The number of benzene rings is 1. The van der Waals surface area contributed by atoms with Crippen LogP contribution in [0.15, 0.2) is 23.1 Å². The molecule has 1 aromatic rings. The van der Waals surface area contributed by atoms with E-state index < -0.39 is 25.5 Å². The van der Waals surface area contributed by atoms with Crippen LogP contribution in [0.5, 0.6) is 0 Å². The summed E-state index contributed by atoms with van der Waals surface area (Å²) in [6.45, 7) is 3.48. The summed E-state index contributed by atoms with van der Waals surface area (Å²) in [5.41, 5.74) is 5.14. The van der Waals surface area contributed by atoms with Crippen LogP contribution in [0.1, 0.15) is 20.3 Å². The van der Waals surface area contributed by atoms with E-state index in [0.717, 1.165) is 12.1 Å². The quantitative estimate of drug-likeness (QED) is 0.476. The normalized spacial score (nSPS) is 13.2. The molecule has 0 aliphatic carbocycles. The van der Waals surface area contributed by atoms with Crippen LogP contribution in [-0.4, -0.2) is 19.4 Å². The van der Waals surface area contributed by atoms with Crippen LogP contribution in [0, 0.1) is 10.1 Å².